The molecule has 1 saturated heterocycles. The van der Waals surface area contributed by atoms with Gasteiger partial charge in [-0.25, -0.2) is 0 Å². The highest BCUT2D eigenvalue weighted by Gasteiger charge is 2.40. The summed E-state index contributed by atoms with van der Waals surface area (Å²) in [5, 5.41) is 0. The van der Waals surface area contributed by atoms with Crippen LogP contribution < -0.4 is 0 Å². The van der Waals surface area contributed by atoms with E-state index in [1.165, 1.54) is 5.56 Å². The predicted octanol–water partition coefficient (Wildman–Crippen LogP) is 4.02. The number of nitrogens with zero attached hydrogens (tertiary/aromatic N) is 1. The van der Waals surface area contributed by atoms with Crippen LogP contribution in [0.5, 0.6) is 0 Å². The van der Waals surface area contributed by atoms with Crippen LogP contribution >= 0.6 is 0 Å². The molecular weight excluding hydrogens is 286 g/mol. The number of hydrogen-bond donors (Lipinski definition) is 0. The molecule has 1 aliphatic rings. The van der Waals surface area contributed by atoms with E-state index in [1.54, 1.807) is 6.92 Å². The van der Waals surface area contributed by atoms with Crippen molar-refractivity contribution in [2.75, 3.05) is 13.1 Å². The summed E-state index contributed by atoms with van der Waals surface area (Å²) < 4.78 is 5.79. The van der Waals surface area contributed by atoms with Crippen LogP contribution in [0.4, 0.5) is 0 Å². The normalized spacial score (nSPS) is 18.0. The minimum atomic E-state index is -0.313. The minimum absolute atomic E-state index is 0.285. The molecule has 23 heavy (non-hydrogen) atoms. The van der Waals surface area contributed by atoms with Gasteiger partial charge in [0, 0.05) is 0 Å². The van der Waals surface area contributed by atoms with Gasteiger partial charge in [0.2, 0.25) is 0 Å². The van der Waals surface area contributed by atoms with Crippen molar-refractivity contribution < 1.29 is 9.21 Å². The summed E-state index contributed by atoms with van der Waals surface area (Å²) in [4.78, 5) is 14.8. The largest absolute Gasteiger partial charge is 0.465 e. The van der Waals surface area contributed by atoms with Gasteiger partial charge < -0.3 is 4.42 Å². The van der Waals surface area contributed by atoms with Gasteiger partial charge in [-0.3, -0.25) is 9.69 Å². The number of aryl methyl sites for hydroxylation is 2. The van der Waals surface area contributed by atoms with E-state index >= 15 is 0 Å². The molecule has 0 bridgehead atoms. The molecule has 1 aromatic carbocycles. The van der Waals surface area contributed by atoms with Crippen LogP contribution in [0.1, 0.15) is 42.4 Å². The van der Waals surface area contributed by atoms with Crippen LogP contribution in [0.25, 0.3) is 0 Å². The van der Waals surface area contributed by atoms with Crippen molar-refractivity contribution in [3.8, 4) is 0 Å². The standard InChI is InChI=1S/C20H25NO2/c1-15-13-19(23-16(15)2)14-21-11-9-20(10-12-21,17(3)22)18-7-5-4-6-8-18/h4-8,13H,9-12,14H2,1-3H3. The summed E-state index contributed by atoms with van der Waals surface area (Å²) in [6.45, 7) is 8.50. The third-order valence-electron chi connectivity index (χ3n) is 5.31. The third-order valence-corrected chi connectivity index (χ3v) is 5.31. The molecule has 1 aromatic heterocycles. The summed E-state index contributed by atoms with van der Waals surface area (Å²) in [6, 6.07) is 12.4. The Morgan fingerprint density at radius 3 is 2.35 bits per heavy atom. The first-order chi connectivity index (χ1) is 11.0. The molecule has 0 amide bonds. The van der Waals surface area contributed by atoms with Crippen molar-refractivity contribution in [1.82, 2.24) is 4.90 Å². The van der Waals surface area contributed by atoms with Gasteiger partial charge in [-0.05, 0) is 63.9 Å². The van der Waals surface area contributed by atoms with E-state index < -0.39 is 0 Å². The molecule has 1 aliphatic heterocycles. The van der Waals surface area contributed by atoms with Gasteiger partial charge in [-0.2, -0.15) is 0 Å². The van der Waals surface area contributed by atoms with Crippen molar-refractivity contribution >= 4 is 5.78 Å². The Labute approximate surface area is 138 Å². The molecule has 3 heteroatoms. The first kappa shape index (κ1) is 16.0. The van der Waals surface area contributed by atoms with Gasteiger partial charge in [0.05, 0.1) is 12.0 Å². The summed E-state index contributed by atoms with van der Waals surface area (Å²) in [6.07, 6.45) is 1.76. The molecule has 0 aliphatic carbocycles. The van der Waals surface area contributed by atoms with Crippen LogP contribution in [0, 0.1) is 13.8 Å². The van der Waals surface area contributed by atoms with Crippen LogP contribution in [0.2, 0.25) is 0 Å². The maximum absolute atomic E-state index is 12.4. The second-order valence-corrected chi connectivity index (χ2v) is 6.73. The predicted molar refractivity (Wildman–Crippen MR) is 91.5 cm³/mol. The van der Waals surface area contributed by atoms with E-state index in [0.29, 0.717) is 0 Å². The SMILES string of the molecule is CC(=O)C1(c2ccccc2)CCN(Cc2cc(C)c(C)o2)CC1. The molecule has 122 valence electrons. The average Bonchev–Trinajstić information content (AvgIpc) is 2.86. The monoisotopic (exact) mass is 311 g/mol. The fourth-order valence-corrected chi connectivity index (χ4v) is 3.64. The highest BCUT2D eigenvalue weighted by Crippen LogP contribution is 2.36. The lowest BCUT2D eigenvalue weighted by atomic mass is 9.70. The number of carbonyl (C=O) groups is 1. The van der Waals surface area contributed by atoms with E-state index in [4.69, 9.17) is 4.42 Å². The van der Waals surface area contributed by atoms with Crippen LogP contribution in [-0.2, 0) is 16.8 Å². The third kappa shape index (κ3) is 3.11. The molecule has 0 unspecified atom stereocenters. The molecule has 0 spiro atoms. The van der Waals surface area contributed by atoms with E-state index in [-0.39, 0.29) is 11.2 Å². The van der Waals surface area contributed by atoms with Crippen LogP contribution in [0.15, 0.2) is 40.8 Å². The quantitative estimate of drug-likeness (QED) is 0.855. The second-order valence-electron chi connectivity index (χ2n) is 6.73. The zero-order valence-electron chi connectivity index (χ0n) is 14.3. The van der Waals surface area contributed by atoms with E-state index in [9.17, 15) is 4.79 Å². The molecule has 1 fully saturated rings. The van der Waals surface area contributed by atoms with Gasteiger partial charge in [0.15, 0.2) is 0 Å². The molecule has 3 rings (SSSR count). The number of likely N-dealkylation sites (tertiary alicyclic amines) is 1. The first-order valence-corrected chi connectivity index (χ1v) is 8.36. The average molecular weight is 311 g/mol. The fraction of sp³-hybridized carbons (Fsp3) is 0.450. The fourth-order valence-electron chi connectivity index (χ4n) is 3.64. The Bertz CT molecular complexity index is 659. The lowest BCUT2D eigenvalue weighted by Crippen LogP contribution is -2.46. The van der Waals surface area contributed by atoms with Crippen molar-refractivity contribution in [2.24, 2.45) is 0 Å². The van der Waals surface area contributed by atoms with Gasteiger partial charge in [-0.1, -0.05) is 30.3 Å². The van der Waals surface area contributed by atoms with Crippen LogP contribution in [-0.4, -0.2) is 23.8 Å². The first-order valence-electron chi connectivity index (χ1n) is 8.36. The summed E-state index contributed by atoms with van der Waals surface area (Å²) in [5.41, 5.74) is 2.06. The molecule has 2 heterocycles. The highest BCUT2D eigenvalue weighted by molar-refractivity contribution is 5.88. The Morgan fingerprint density at radius 1 is 1.17 bits per heavy atom. The number of Topliss-reactive ketones (excluding diaryl/α,β-unsaturated/α-hetero) is 1. The summed E-state index contributed by atoms with van der Waals surface area (Å²) >= 11 is 0. The number of benzene rings is 1. The van der Waals surface area contributed by atoms with Crippen molar-refractivity contribution in [1.29, 1.82) is 0 Å². The maximum atomic E-state index is 12.4. The molecule has 0 saturated carbocycles. The molecular formula is C20H25NO2. The number of ketones is 1. The maximum Gasteiger partial charge on any atom is 0.140 e. The Hall–Kier alpha value is -1.87. The van der Waals surface area contributed by atoms with E-state index in [1.807, 2.05) is 25.1 Å². The van der Waals surface area contributed by atoms with Crippen molar-refractivity contribution in [2.45, 2.75) is 45.6 Å². The Balaban J connectivity index is 1.72. The smallest absolute Gasteiger partial charge is 0.140 e. The zero-order valence-corrected chi connectivity index (χ0v) is 14.3. The van der Waals surface area contributed by atoms with Crippen molar-refractivity contribution in [3.05, 3.63) is 59.0 Å². The number of furan rings is 1. The number of hydrogen-bond acceptors (Lipinski definition) is 3. The molecule has 2 aromatic rings. The second kappa shape index (κ2) is 6.32. The van der Waals surface area contributed by atoms with Gasteiger partial charge >= 0.3 is 0 Å². The van der Waals surface area contributed by atoms with Gasteiger partial charge in [0.25, 0.3) is 0 Å². The van der Waals surface area contributed by atoms with E-state index in [2.05, 4.69) is 30.0 Å². The topological polar surface area (TPSA) is 33.5 Å². The Kier molecular flexibility index (Phi) is 4.40. The molecule has 0 N–H and O–H groups in total. The lowest BCUT2D eigenvalue weighted by Gasteiger charge is -2.40. The highest BCUT2D eigenvalue weighted by atomic mass is 16.3. The van der Waals surface area contributed by atoms with Gasteiger partial charge in [-0.15, -0.1) is 0 Å². The number of carbonyl (C=O) groups excluding carboxylic acids is 1. The molecule has 0 radical (unpaired) electrons. The summed E-state index contributed by atoms with van der Waals surface area (Å²) in [5.74, 6) is 2.31. The molecule has 0 atom stereocenters. The van der Waals surface area contributed by atoms with Crippen molar-refractivity contribution in [3.63, 3.8) is 0 Å². The molecule has 3 nitrogen and oxygen atoms in total. The summed E-state index contributed by atoms with van der Waals surface area (Å²) in [7, 11) is 0. The number of piperidine rings is 1. The Morgan fingerprint density at radius 2 is 1.83 bits per heavy atom. The lowest BCUT2D eigenvalue weighted by molar-refractivity contribution is -0.124. The van der Waals surface area contributed by atoms with Crippen LogP contribution in [0.3, 0.4) is 0 Å². The van der Waals surface area contributed by atoms with E-state index in [0.717, 1.165) is 49.6 Å². The minimum Gasteiger partial charge on any atom is -0.465 e. The number of rotatable bonds is 4. The zero-order chi connectivity index (χ0) is 16.4. The van der Waals surface area contributed by atoms with Gasteiger partial charge in [0.1, 0.15) is 17.3 Å².